The molecule has 1 aliphatic heterocycles. The Bertz CT molecular complexity index is 971. The Morgan fingerprint density at radius 3 is 2.79 bits per heavy atom. The molecule has 0 saturated carbocycles. The van der Waals surface area contributed by atoms with Crippen molar-refractivity contribution in [3.05, 3.63) is 59.8 Å². The van der Waals surface area contributed by atoms with Gasteiger partial charge in [-0.05, 0) is 49.6 Å². The highest BCUT2D eigenvalue weighted by Crippen LogP contribution is 2.24. The molecule has 0 bridgehead atoms. The van der Waals surface area contributed by atoms with E-state index in [1.54, 1.807) is 25.3 Å². The van der Waals surface area contributed by atoms with Gasteiger partial charge in [-0.15, -0.1) is 0 Å². The third-order valence-electron chi connectivity index (χ3n) is 5.02. The number of carbonyl (C=O) groups excluding carboxylic acids is 1. The maximum absolute atomic E-state index is 13.0. The van der Waals surface area contributed by atoms with Gasteiger partial charge < -0.3 is 14.7 Å². The van der Waals surface area contributed by atoms with Gasteiger partial charge in [0.25, 0.3) is 5.89 Å². The average molecular weight is 395 g/mol. The van der Waals surface area contributed by atoms with Crippen LogP contribution in [0.4, 0.5) is 10.2 Å². The second-order valence-corrected chi connectivity index (χ2v) is 7.18. The fraction of sp³-hybridized carbons (Fsp3) is 0.333. The topological polar surface area (TPSA) is 84.2 Å². The molecule has 3 heterocycles. The van der Waals surface area contributed by atoms with Gasteiger partial charge >= 0.3 is 0 Å². The van der Waals surface area contributed by atoms with E-state index in [0.717, 1.165) is 36.3 Å². The monoisotopic (exact) mass is 395 g/mol. The average Bonchev–Trinajstić information content (AvgIpc) is 3.19. The van der Waals surface area contributed by atoms with Crippen molar-refractivity contribution in [2.24, 2.45) is 5.92 Å². The molecule has 2 aromatic heterocycles. The number of hydrogen-bond donors (Lipinski definition) is 1. The SMILES string of the molecule is Cc1noc(-c2ccc(N3CCC[C@@H](C(=O)NCc4ccc(F)cc4)C3)nc2)n1. The zero-order valence-electron chi connectivity index (χ0n) is 16.1. The Kier molecular flexibility index (Phi) is 5.50. The lowest BCUT2D eigenvalue weighted by molar-refractivity contribution is -0.125. The highest BCUT2D eigenvalue weighted by atomic mass is 19.1. The minimum absolute atomic E-state index is 0.0111. The summed E-state index contributed by atoms with van der Waals surface area (Å²) in [7, 11) is 0. The summed E-state index contributed by atoms with van der Waals surface area (Å²) in [6.45, 7) is 3.63. The van der Waals surface area contributed by atoms with Crippen molar-refractivity contribution in [3.8, 4) is 11.5 Å². The van der Waals surface area contributed by atoms with Crippen LogP contribution in [0.5, 0.6) is 0 Å². The smallest absolute Gasteiger partial charge is 0.259 e. The van der Waals surface area contributed by atoms with Crippen LogP contribution in [0.3, 0.4) is 0 Å². The number of halogens is 1. The Labute approximate surface area is 168 Å². The number of piperidine rings is 1. The van der Waals surface area contributed by atoms with Gasteiger partial charge in [-0.3, -0.25) is 4.79 Å². The van der Waals surface area contributed by atoms with E-state index in [0.29, 0.717) is 24.8 Å². The Hall–Kier alpha value is -3.29. The van der Waals surface area contributed by atoms with Gasteiger partial charge in [0.2, 0.25) is 5.91 Å². The highest BCUT2D eigenvalue weighted by molar-refractivity contribution is 5.79. The summed E-state index contributed by atoms with van der Waals surface area (Å²) in [6, 6.07) is 9.96. The van der Waals surface area contributed by atoms with Gasteiger partial charge in [0.1, 0.15) is 11.6 Å². The van der Waals surface area contributed by atoms with Crippen molar-refractivity contribution < 1.29 is 13.7 Å². The molecule has 3 aromatic rings. The number of nitrogens with zero attached hydrogens (tertiary/aromatic N) is 4. The van der Waals surface area contributed by atoms with Gasteiger partial charge in [-0.1, -0.05) is 17.3 Å². The first-order valence-corrected chi connectivity index (χ1v) is 9.62. The normalized spacial score (nSPS) is 16.6. The molecule has 1 aromatic carbocycles. The predicted octanol–water partition coefficient (Wildman–Crippen LogP) is 3.11. The number of aromatic nitrogens is 3. The third kappa shape index (κ3) is 4.59. The summed E-state index contributed by atoms with van der Waals surface area (Å²) < 4.78 is 18.2. The van der Waals surface area contributed by atoms with E-state index in [2.05, 4.69) is 25.3 Å². The van der Waals surface area contributed by atoms with Crippen LogP contribution in [-0.2, 0) is 11.3 Å². The standard InChI is InChI=1S/C21H22FN5O2/c1-14-25-21(29-26-14)16-6-9-19(23-12-16)27-10-2-3-17(13-27)20(28)24-11-15-4-7-18(22)8-5-15/h4-9,12,17H,2-3,10-11,13H2,1H3,(H,24,28)/t17-/m1/s1. The van der Waals surface area contributed by atoms with Crippen LogP contribution in [0.1, 0.15) is 24.2 Å². The van der Waals surface area contributed by atoms with E-state index in [1.807, 2.05) is 12.1 Å². The highest BCUT2D eigenvalue weighted by Gasteiger charge is 2.26. The molecule has 1 saturated heterocycles. The van der Waals surface area contributed by atoms with Crippen molar-refractivity contribution in [1.29, 1.82) is 0 Å². The molecule has 1 aliphatic rings. The number of rotatable bonds is 5. The lowest BCUT2D eigenvalue weighted by atomic mass is 9.97. The number of nitrogens with one attached hydrogen (secondary N) is 1. The van der Waals surface area contributed by atoms with E-state index in [1.165, 1.54) is 12.1 Å². The van der Waals surface area contributed by atoms with Crippen LogP contribution >= 0.6 is 0 Å². The number of benzene rings is 1. The number of amides is 1. The van der Waals surface area contributed by atoms with Crippen molar-refractivity contribution in [2.45, 2.75) is 26.3 Å². The largest absolute Gasteiger partial charge is 0.356 e. The molecule has 7 nitrogen and oxygen atoms in total. The van der Waals surface area contributed by atoms with E-state index < -0.39 is 0 Å². The number of hydrogen-bond acceptors (Lipinski definition) is 6. The van der Waals surface area contributed by atoms with E-state index in [9.17, 15) is 9.18 Å². The fourth-order valence-corrected chi connectivity index (χ4v) is 3.45. The molecular formula is C21H22FN5O2. The lowest BCUT2D eigenvalue weighted by Crippen LogP contribution is -2.43. The lowest BCUT2D eigenvalue weighted by Gasteiger charge is -2.32. The van der Waals surface area contributed by atoms with Crippen molar-refractivity contribution in [1.82, 2.24) is 20.4 Å². The third-order valence-corrected chi connectivity index (χ3v) is 5.02. The number of pyridine rings is 1. The summed E-state index contributed by atoms with van der Waals surface area (Å²) in [5, 5.41) is 6.75. The van der Waals surface area contributed by atoms with Gasteiger partial charge in [0.15, 0.2) is 5.82 Å². The van der Waals surface area contributed by atoms with E-state index >= 15 is 0 Å². The zero-order valence-corrected chi connectivity index (χ0v) is 16.1. The molecule has 150 valence electrons. The molecule has 0 unspecified atom stereocenters. The molecule has 1 N–H and O–H groups in total. The Balaban J connectivity index is 1.36. The Morgan fingerprint density at radius 1 is 1.28 bits per heavy atom. The van der Waals surface area contributed by atoms with Crippen molar-refractivity contribution >= 4 is 11.7 Å². The van der Waals surface area contributed by atoms with Crippen LogP contribution in [-0.4, -0.2) is 34.1 Å². The summed E-state index contributed by atoms with van der Waals surface area (Å²) in [4.78, 5) is 23.4. The van der Waals surface area contributed by atoms with Crippen LogP contribution < -0.4 is 10.2 Å². The van der Waals surface area contributed by atoms with Crippen LogP contribution in [0.15, 0.2) is 47.1 Å². The van der Waals surface area contributed by atoms with Crippen molar-refractivity contribution in [2.75, 3.05) is 18.0 Å². The Morgan fingerprint density at radius 2 is 2.10 bits per heavy atom. The molecule has 0 spiro atoms. The number of carbonyl (C=O) groups is 1. The summed E-state index contributed by atoms with van der Waals surface area (Å²) >= 11 is 0. The molecular weight excluding hydrogens is 373 g/mol. The summed E-state index contributed by atoms with van der Waals surface area (Å²) in [5.41, 5.74) is 1.64. The van der Waals surface area contributed by atoms with E-state index in [-0.39, 0.29) is 17.6 Å². The van der Waals surface area contributed by atoms with Crippen LogP contribution in [0.2, 0.25) is 0 Å². The fourth-order valence-electron chi connectivity index (χ4n) is 3.45. The second-order valence-electron chi connectivity index (χ2n) is 7.18. The first-order chi connectivity index (χ1) is 14.1. The summed E-state index contributed by atoms with van der Waals surface area (Å²) in [6.07, 6.45) is 3.46. The maximum Gasteiger partial charge on any atom is 0.259 e. The van der Waals surface area contributed by atoms with Crippen LogP contribution in [0, 0.1) is 18.7 Å². The molecule has 29 heavy (non-hydrogen) atoms. The molecule has 1 atom stereocenters. The maximum atomic E-state index is 13.0. The van der Waals surface area contributed by atoms with Gasteiger partial charge in [-0.25, -0.2) is 9.37 Å². The van der Waals surface area contributed by atoms with Gasteiger partial charge in [0, 0.05) is 25.8 Å². The van der Waals surface area contributed by atoms with Crippen molar-refractivity contribution in [3.63, 3.8) is 0 Å². The van der Waals surface area contributed by atoms with Crippen LogP contribution in [0.25, 0.3) is 11.5 Å². The molecule has 1 fully saturated rings. The molecule has 4 rings (SSSR count). The van der Waals surface area contributed by atoms with Gasteiger partial charge in [0.05, 0.1) is 11.5 Å². The predicted molar refractivity (Wildman–Crippen MR) is 105 cm³/mol. The minimum Gasteiger partial charge on any atom is -0.356 e. The molecule has 0 radical (unpaired) electrons. The zero-order chi connectivity index (χ0) is 20.2. The first-order valence-electron chi connectivity index (χ1n) is 9.62. The molecule has 1 amide bonds. The first kappa shape index (κ1) is 19.0. The van der Waals surface area contributed by atoms with Gasteiger partial charge in [-0.2, -0.15) is 4.98 Å². The number of aryl methyl sites for hydroxylation is 1. The second kappa shape index (κ2) is 8.38. The van der Waals surface area contributed by atoms with E-state index in [4.69, 9.17) is 4.52 Å². The minimum atomic E-state index is -0.282. The number of anilines is 1. The summed E-state index contributed by atoms with van der Waals surface area (Å²) in [5.74, 6) is 1.46. The quantitative estimate of drug-likeness (QED) is 0.715. The molecule has 0 aliphatic carbocycles. The molecule has 8 heteroatoms.